The van der Waals surface area contributed by atoms with E-state index < -0.39 is 10.0 Å². The van der Waals surface area contributed by atoms with Crippen LogP contribution < -0.4 is 14.8 Å². The smallest absolute Gasteiger partial charge is 0.269 e. The maximum atomic E-state index is 12.1. The first kappa shape index (κ1) is 18.3. The monoisotopic (exact) mass is 370 g/mol. The van der Waals surface area contributed by atoms with Crippen LogP contribution in [0, 0.1) is 0 Å². The van der Waals surface area contributed by atoms with Gasteiger partial charge in [-0.25, -0.2) is 13.1 Å². The first-order valence-electron chi connectivity index (χ1n) is 7.15. The largest absolute Gasteiger partial charge is 0.496 e. The highest BCUT2D eigenvalue weighted by Gasteiger charge is 2.20. The van der Waals surface area contributed by atoms with Gasteiger partial charge in [-0.15, -0.1) is 10.2 Å². The Bertz CT molecular complexity index is 805. The standard InChI is InChI=1S/C14H18N4O4S2/c1-10(19)16-13-17-18-14(23-13)24(20,21)15-9-5-7-11-6-3-4-8-12(11)22-2/h3-4,6,8,15H,5,7,9H2,1-2H3,(H,16,17,19). The summed E-state index contributed by atoms with van der Waals surface area (Å²) < 4.78 is 31.8. The maximum absolute atomic E-state index is 12.1. The fourth-order valence-corrected chi connectivity index (χ4v) is 4.04. The lowest BCUT2D eigenvalue weighted by Crippen LogP contribution is -2.25. The molecular formula is C14H18N4O4S2. The predicted octanol–water partition coefficient (Wildman–Crippen LogP) is 1.42. The second-order valence-corrected chi connectivity index (χ2v) is 7.79. The number of amides is 1. The molecule has 0 atom stereocenters. The van der Waals surface area contributed by atoms with Gasteiger partial charge in [0.2, 0.25) is 15.4 Å². The van der Waals surface area contributed by atoms with Gasteiger partial charge in [-0.05, 0) is 24.5 Å². The van der Waals surface area contributed by atoms with E-state index in [2.05, 4.69) is 20.2 Å². The van der Waals surface area contributed by atoms with Gasteiger partial charge in [-0.2, -0.15) is 0 Å². The Morgan fingerprint density at radius 2 is 2.04 bits per heavy atom. The van der Waals surface area contributed by atoms with Crippen LogP contribution in [0.4, 0.5) is 5.13 Å². The van der Waals surface area contributed by atoms with Crippen LogP contribution in [0.15, 0.2) is 28.6 Å². The van der Waals surface area contributed by atoms with E-state index >= 15 is 0 Å². The van der Waals surface area contributed by atoms with Crippen molar-refractivity contribution < 1.29 is 17.9 Å². The Labute approximate surface area is 144 Å². The average Bonchev–Trinajstić information content (AvgIpc) is 3.00. The Balaban J connectivity index is 1.89. The molecule has 10 heteroatoms. The number of sulfonamides is 1. The van der Waals surface area contributed by atoms with E-state index in [0.717, 1.165) is 22.6 Å². The van der Waals surface area contributed by atoms with Gasteiger partial charge in [0.15, 0.2) is 0 Å². The fraction of sp³-hybridized carbons (Fsp3) is 0.357. The molecule has 2 rings (SSSR count). The van der Waals surface area contributed by atoms with Crippen LogP contribution in [0.1, 0.15) is 18.9 Å². The molecule has 0 unspecified atom stereocenters. The SMILES string of the molecule is COc1ccccc1CCCNS(=O)(=O)c1nnc(NC(C)=O)s1. The third-order valence-electron chi connectivity index (χ3n) is 3.03. The lowest BCUT2D eigenvalue weighted by Gasteiger charge is -2.08. The first-order chi connectivity index (χ1) is 11.4. The lowest BCUT2D eigenvalue weighted by atomic mass is 10.1. The molecular weight excluding hydrogens is 352 g/mol. The zero-order valence-corrected chi connectivity index (χ0v) is 14.9. The molecule has 2 aromatic rings. The molecule has 8 nitrogen and oxygen atoms in total. The number of anilines is 1. The molecule has 0 saturated heterocycles. The van der Waals surface area contributed by atoms with Gasteiger partial charge in [0.1, 0.15) is 5.75 Å². The summed E-state index contributed by atoms with van der Waals surface area (Å²) in [6.45, 7) is 1.57. The van der Waals surface area contributed by atoms with Crippen LogP contribution in [0.25, 0.3) is 0 Å². The van der Waals surface area contributed by atoms with E-state index in [4.69, 9.17) is 4.74 Å². The van der Waals surface area contributed by atoms with Crippen molar-refractivity contribution in [3.8, 4) is 5.75 Å². The third kappa shape index (κ3) is 4.98. The molecule has 130 valence electrons. The number of rotatable bonds is 8. The van der Waals surface area contributed by atoms with E-state index in [1.165, 1.54) is 6.92 Å². The Morgan fingerprint density at radius 3 is 2.75 bits per heavy atom. The summed E-state index contributed by atoms with van der Waals surface area (Å²) >= 11 is 0.804. The van der Waals surface area contributed by atoms with Crippen molar-refractivity contribution in [2.24, 2.45) is 0 Å². The third-order valence-corrected chi connectivity index (χ3v) is 5.69. The van der Waals surface area contributed by atoms with E-state index in [9.17, 15) is 13.2 Å². The van der Waals surface area contributed by atoms with Gasteiger partial charge in [0.25, 0.3) is 10.0 Å². The maximum Gasteiger partial charge on any atom is 0.269 e. The fourth-order valence-electron chi connectivity index (χ4n) is 1.98. The molecule has 0 bridgehead atoms. The second kappa shape index (κ2) is 8.18. The summed E-state index contributed by atoms with van der Waals surface area (Å²) in [7, 11) is -2.13. The quantitative estimate of drug-likeness (QED) is 0.537. The molecule has 24 heavy (non-hydrogen) atoms. The predicted molar refractivity (Wildman–Crippen MR) is 90.7 cm³/mol. The van der Waals surface area contributed by atoms with E-state index in [-0.39, 0.29) is 21.9 Å². The zero-order valence-electron chi connectivity index (χ0n) is 13.3. The highest BCUT2D eigenvalue weighted by Crippen LogP contribution is 2.20. The van der Waals surface area contributed by atoms with E-state index in [1.54, 1.807) is 7.11 Å². The molecule has 0 aliphatic heterocycles. The van der Waals surface area contributed by atoms with Crippen LogP contribution in [-0.4, -0.2) is 38.2 Å². The summed E-state index contributed by atoms with van der Waals surface area (Å²) in [6, 6.07) is 7.60. The van der Waals surface area contributed by atoms with Crippen molar-refractivity contribution in [1.29, 1.82) is 0 Å². The number of aromatic nitrogens is 2. The number of benzene rings is 1. The molecule has 0 aliphatic rings. The summed E-state index contributed by atoms with van der Waals surface area (Å²) in [6.07, 6.45) is 1.29. The van der Waals surface area contributed by atoms with E-state index in [1.807, 2.05) is 24.3 Å². The highest BCUT2D eigenvalue weighted by atomic mass is 32.2. The molecule has 0 spiro atoms. The molecule has 0 radical (unpaired) electrons. The number of nitrogens with zero attached hydrogens (tertiary/aromatic N) is 2. The first-order valence-corrected chi connectivity index (χ1v) is 9.45. The molecule has 2 N–H and O–H groups in total. The van der Waals surface area contributed by atoms with Gasteiger partial charge in [-0.1, -0.05) is 29.5 Å². The van der Waals surface area contributed by atoms with Crippen LogP contribution in [0.3, 0.4) is 0 Å². The normalized spacial score (nSPS) is 11.2. The Hall–Kier alpha value is -2.04. The van der Waals surface area contributed by atoms with Crippen LogP contribution in [0.2, 0.25) is 0 Å². The number of ether oxygens (including phenoxy) is 1. The highest BCUT2D eigenvalue weighted by molar-refractivity contribution is 7.91. The summed E-state index contributed by atoms with van der Waals surface area (Å²) in [5.41, 5.74) is 1.02. The van der Waals surface area contributed by atoms with Crippen LogP contribution >= 0.6 is 11.3 Å². The van der Waals surface area contributed by atoms with Gasteiger partial charge < -0.3 is 10.1 Å². The minimum Gasteiger partial charge on any atom is -0.496 e. The van der Waals surface area contributed by atoms with Gasteiger partial charge in [-0.3, -0.25) is 4.79 Å². The molecule has 1 amide bonds. The minimum atomic E-state index is -3.73. The number of carbonyl (C=O) groups is 1. The molecule has 0 saturated carbocycles. The van der Waals surface area contributed by atoms with Crippen molar-refractivity contribution in [3.63, 3.8) is 0 Å². The lowest BCUT2D eigenvalue weighted by molar-refractivity contribution is -0.114. The summed E-state index contributed by atoms with van der Waals surface area (Å²) in [4.78, 5) is 10.9. The minimum absolute atomic E-state index is 0.150. The average molecular weight is 370 g/mol. The van der Waals surface area contributed by atoms with Crippen molar-refractivity contribution >= 4 is 32.4 Å². The number of aryl methyl sites for hydroxylation is 1. The van der Waals surface area contributed by atoms with Crippen molar-refractivity contribution in [3.05, 3.63) is 29.8 Å². The van der Waals surface area contributed by atoms with Crippen molar-refractivity contribution in [2.75, 3.05) is 19.0 Å². The van der Waals surface area contributed by atoms with Crippen LogP contribution in [-0.2, 0) is 21.2 Å². The topological polar surface area (TPSA) is 110 Å². The molecule has 1 aromatic carbocycles. The van der Waals surface area contributed by atoms with Gasteiger partial charge in [0, 0.05) is 13.5 Å². The second-order valence-electron chi connectivity index (χ2n) is 4.87. The number of hydrogen-bond acceptors (Lipinski definition) is 7. The molecule has 1 aromatic heterocycles. The molecule has 0 aliphatic carbocycles. The van der Waals surface area contributed by atoms with Crippen LogP contribution in [0.5, 0.6) is 5.75 Å². The van der Waals surface area contributed by atoms with Crippen molar-refractivity contribution in [1.82, 2.24) is 14.9 Å². The van der Waals surface area contributed by atoms with Gasteiger partial charge in [0.05, 0.1) is 7.11 Å². The number of para-hydroxylation sites is 1. The van der Waals surface area contributed by atoms with E-state index in [0.29, 0.717) is 12.8 Å². The summed E-state index contributed by atoms with van der Waals surface area (Å²) in [5.74, 6) is 0.448. The Kier molecular flexibility index (Phi) is 6.23. The number of methoxy groups -OCH3 is 1. The zero-order chi connectivity index (χ0) is 17.6. The molecule has 1 heterocycles. The Morgan fingerprint density at radius 1 is 1.29 bits per heavy atom. The summed E-state index contributed by atoms with van der Waals surface area (Å²) in [5, 5.41) is 9.76. The molecule has 0 fully saturated rings. The number of carbonyl (C=O) groups excluding carboxylic acids is 1. The number of hydrogen-bond donors (Lipinski definition) is 2. The van der Waals surface area contributed by atoms with Gasteiger partial charge >= 0.3 is 0 Å². The number of nitrogens with one attached hydrogen (secondary N) is 2. The van der Waals surface area contributed by atoms with Crippen molar-refractivity contribution in [2.45, 2.75) is 24.1 Å².